The number of rotatable bonds is 7. The van der Waals surface area contributed by atoms with E-state index >= 15 is 0 Å². The third kappa shape index (κ3) is 5.66. The van der Waals surface area contributed by atoms with Gasteiger partial charge >= 0.3 is 11.9 Å². The number of hydrogen-bond acceptors (Lipinski definition) is 6. The molecule has 2 rings (SSSR count). The molecule has 0 unspecified atom stereocenters. The van der Waals surface area contributed by atoms with Crippen molar-refractivity contribution < 1.29 is 29.0 Å². The molecule has 4 atom stereocenters. The number of hydrogen-bond donors (Lipinski definition) is 1. The molecule has 0 aliphatic heterocycles. The number of carbonyl (C=O) groups excluding carboxylic acids is 3. The van der Waals surface area contributed by atoms with E-state index in [1.165, 1.54) is 6.92 Å². The van der Waals surface area contributed by atoms with Gasteiger partial charge in [0.2, 0.25) is 0 Å². The minimum atomic E-state index is -1.62. The van der Waals surface area contributed by atoms with Crippen LogP contribution >= 0.6 is 0 Å². The summed E-state index contributed by atoms with van der Waals surface area (Å²) in [6, 6.07) is 8.87. The molecule has 0 spiro atoms. The van der Waals surface area contributed by atoms with Gasteiger partial charge in [0.1, 0.15) is 5.92 Å². The number of aliphatic hydroxyl groups is 1. The van der Waals surface area contributed by atoms with Crippen molar-refractivity contribution in [2.75, 3.05) is 13.2 Å². The first-order valence-corrected chi connectivity index (χ1v) is 10.2. The summed E-state index contributed by atoms with van der Waals surface area (Å²) in [5, 5.41) is 11.0. The molecule has 1 aromatic rings. The molecule has 160 valence electrons. The Bertz CT molecular complexity index is 722. The minimum absolute atomic E-state index is 0.114. The van der Waals surface area contributed by atoms with Crippen LogP contribution in [0.1, 0.15) is 52.5 Å². The highest BCUT2D eigenvalue weighted by Crippen LogP contribution is 2.46. The van der Waals surface area contributed by atoms with Crippen LogP contribution in [-0.2, 0) is 23.9 Å². The first kappa shape index (κ1) is 23.1. The Labute approximate surface area is 172 Å². The van der Waals surface area contributed by atoms with Gasteiger partial charge in [-0.3, -0.25) is 14.4 Å². The summed E-state index contributed by atoms with van der Waals surface area (Å²) >= 11 is 0. The fourth-order valence-electron chi connectivity index (χ4n) is 3.77. The highest BCUT2D eigenvalue weighted by molar-refractivity contribution is 6.02. The molecule has 1 N–H and O–H groups in total. The maximum absolute atomic E-state index is 13.0. The van der Waals surface area contributed by atoms with E-state index in [1.807, 2.05) is 33.8 Å². The van der Waals surface area contributed by atoms with Crippen molar-refractivity contribution in [3.63, 3.8) is 0 Å². The fraction of sp³-hybridized carbons (Fsp3) is 0.609. The van der Waals surface area contributed by atoms with E-state index in [-0.39, 0.29) is 31.5 Å². The van der Waals surface area contributed by atoms with Gasteiger partial charge in [-0.25, -0.2) is 0 Å². The predicted molar refractivity (Wildman–Crippen MR) is 108 cm³/mol. The van der Waals surface area contributed by atoms with Crippen LogP contribution in [0.4, 0.5) is 0 Å². The maximum atomic E-state index is 13.0. The van der Waals surface area contributed by atoms with Crippen molar-refractivity contribution in [2.45, 2.75) is 52.6 Å². The third-order valence-corrected chi connectivity index (χ3v) is 5.08. The molecular formula is C23H32O6. The first-order valence-electron chi connectivity index (χ1n) is 10.2. The molecule has 1 fully saturated rings. The van der Waals surface area contributed by atoms with Gasteiger partial charge in [-0.2, -0.15) is 0 Å². The number of carbonyl (C=O) groups is 3. The van der Waals surface area contributed by atoms with Crippen LogP contribution in [0.3, 0.4) is 0 Å². The van der Waals surface area contributed by atoms with Crippen molar-refractivity contribution in [2.24, 2.45) is 23.7 Å². The molecule has 1 saturated carbocycles. The highest BCUT2D eigenvalue weighted by Gasteiger charge is 2.57. The number of benzene rings is 1. The molecule has 29 heavy (non-hydrogen) atoms. The summed E-state index contributed by atoms with van der Waals surface area (Å²) in [5.74, 6) is -4.52. The lowest BCUT2D eigenvalue weighted by Gasteiger charge is -2.43. The second-order valence-electron chi connectivity index (χ2n) is 8.94. The summed E-state index contributed by atoms with van der Waals surface area (Å²) in [6.45, 7) is 9.47. The Kier molecular flexibility index (Phi) is 7.58. The topological polar surface area (TPSA) is 89.9 Å². The van der Waals surface area contributed by atoms with Crippen LogP contribution in [0.5, 0.6) is 0 Å². The fourth-order valence-corrected chi connectivity index (χ4v) is 3.77. The SMILES string of the molecule is CC(C)COC(=O)[C@@H]1C(=O)C[C@@](C)(O)[C@H](C(=O)OCC(C)C)[C@@H]1c1ccccc1. The quantitative estimate of drug-likeness (QED) is 0.555. The normalized spacial score (nSPS) is 27.2. The zero-order valence-corrected chi connectivity index (χ0v) is 17.9. The lowest BCUT2D eigenvalue weighted by Crippen LogP contribution is -2.55. The highest BCUT2D eigenvalue weighted by atomic mass is 16.5. The maximum Gasteiger partial charge on any atom is 0.317 e. The monoisotopic (exact) mass is 404 g/mol. The van der Waals surface area contributed by atoms with Crippen molar-refractivity contribution in [3.8, 4) is 0 Å². The number of ether oxygens (including phenoxy) is 2. The van der Waals surface area contributed by atoms with E-state index in [0.717, 1.165) is 0 Å². The Morgan fingerprint density at radius 3 is 2.07 bits per heavy atom. The molecule has 0 aromatic heterocycles. The summed E-state index contributed by atoms with van der Waals surface area (Å²) in [7, 11) is 0. The van der Waals surface area contributed by atoms with Crippen LogP contribution in [0, 0.1) is 23.7 Å². The minimum Gasteiger partial charge on any atom is -0.465 e. The Morgan fingerprint density at radius 1 is 1.03 bits per heavy atom. The molecule has 6 heteroatoms. The molecule has 1 aromatic carbocycles. The zero-order valence-electron chi connectivity index (χ0n) is 17.9. The van der Waals surface area contributed by atoms with Gasteiger partial charge in [-0.15, -0.1) is 0 Å². The molecule has 0 bridgehead atoms. The van der Waals surface area contributed by atoms with Crippen LogP contribution in [-0.4, -0.2) is 41.6 Å². The first-order chi connectivity index (χ1) is 13.5. The third-order valence-electron chi connectivity index (χ3n) is 5.08. The number of ketones is 1. The van der Waals surface area contributed by atoms with Crippen LogP contribution in [0.25, 0.3) is 0 Å². The van der Waals surface area contributed by atoms with Crippen molar-refractivity contribution in [1.82, 2.24) is 0 Å². The number of Topliss-reactive ketones (excluding diaryl/α,β-unsaturated/α-hetero) is 1. The molecule has 6 nitrogen and oxygen atoms in total. The van der Waals surface area contributed by atoms with Gasteiger partial charge in [0.25, 0.3) is 0 Å². The van der Waals surface area contributed by atoms with E-state index in [9.17, 15) is 19.5 Å². The van der Waals surface area contributed by atoms with Gasteiger partial charge in [0.05, 0.1) is 24.7 Å². The lowest BCUT2D eigenvalue weighted by atomic mass is 9.62. The van der Waals surface area contributed by atoms with Crippen LogP contribution in [0.15, 0.2) is 30.3 Å². The largest absolute Gasteiger partial charge is 0.465 e. The average molecular weight is 405 g/mol. The summed E-state index contributed by atoms with van der Waals surface area (Å²) in [6.07, 6.45) is -0.306. The lowest BCUT2D eigenvalue weighted by molar-refractivity contribution is -0.173. The van der Waals surface area contributed by atoms with E-state index in [4.69, 9.17) is 9.47 Å². The van der Waals surface area contributed by atoms with E-state index in [2.05, 4.69) is 0 Å². The van der Waals surface area contributed by atoms with E-state index in [1.54, 1.807) is 24.3 Å². The molecule has 0 heterocycles. The molecule has 0 radical (unpaired) electrons. The van der Waals surface area contributed by atoms with Crippen molar-refractivity contribution in [1.29, 1.82) is 0 Å². The van der Waals surface area contributed by atoms with Crippen molar-refractivity contribution >= 4 is 17.7 Å². The van der Waals surface area contributed by atoms with E-state index < -0.39 is 41.1 Å². The van der Waals surface area contributed by atoms with Crippen LogP contribution < -0.4 is 0 Å². The van der Waals surface area contributed by atoms with Crippen LogP contribution in [0.2, 0.25) is 0 Å². The van der Waals surface area contributed by atoms with Gasteiger partial charge in [0.15, 0.2) is 5.78 Å². The van der Waals surface area contributed by atoms with Gasteiger partial charge in [-0.1, -0.05) is 58.0 Å². The molecule has 0 saturated heterocycles. The van der Waals surface area contributed by atoms with Gasteiger partial charge in [0, 0.05) is 12.3 Å². The Hall–Kier alpha value is -2.21. The Morgan fingerprint density at radius 2 is 1.55 bits per heavy atom. The standard InChI is InChI=1S/C23H32O6/c1-14(2)12-28-21(25)19-17(24)11-23(5,27)20(22(26)29-13-15(3)4)18(19)16-9-7-6-8-10-16/h6-10,14-15,18-20,27H,11-13H2,1-5H3/t18-,19-,20+,23-/m1/s1. The Balaban J connectivity index is 2.47. The van der Waals surface area contributed by atoms with Gasteiger partial charge in [-0.05, 0) is 24.3 Å². The second-order valence-corrected chi connectivity index (χ2v) is 8.94. The van der Waals surface area contributed by atoms with Gasteiger partial charge < -0.3 is 14.6 Å². The molecule has 1 aliphatic rings. The van der Waals surface area contributed by atoms with Crippen molar-refractivity contribution in [3.05, 3.63) is 35.9 Å². The van der Waals surface area contributed by atoms with E-state index in [0.29, 0.717) is 5.56 Å². The molecular weight excluding hydrogens is 372 g/mol. The smallest absolute Gasteiger partial charge is 0.317 e. The average Bonchev–Trinajstić information content (AvgIpc) is 2.63. The summed E-state index contributed by atoms with van der Waals surface area (Å²) in [5.41, 5.74) is -1.00. The summed E-state index contributed by atoms with van der Waals surface area (Å²) in [4.78, 5) is 38.8. The number of esters is 2. The molecule has 0 amide bonds. The zero-order chi connectivity index (χ0) is 21.8. The summed E-state index contributed by atoms with van der Waals surface area (Å²) < 4.78 is 10.8. The second kappa shape index (κ2) is 9.53. The molecule has 1 aliphatic carbocycles. The predicted octanol–water partition coefficient (Wildman–Crippen LogP) is 3.12.